The van der Waals surface area contributed by atoms with Gasteiger partial charge in [-0.05, 0) is 43.2 Å². The minimum atomic E-state index is 0.199. The predicted octanol–water partition coefficient (Wildman–Crippen LogP) is 3.22. The van der Waals surface area contributed by atoms with Gasteiger partial charge in [-0.1, -0.05) is 13.3 Å². The molecule has 0 amide bonds. The maximum Gasteiger partial charge on any atom is 0.0774 e. The van der Waals surface area contributed by atoms with Gasteiger partial charge in [-0.3, -0.25) is 0 Å². The van der Waals surface area contributed by atoms with Crippen LogP contribution >= 0.6 is 11.3 Å². The molecule has 1 aromatic rings. The summed E-state index contributed by atoms with van der Waals surface area (Å²) in [5.41, 5.74) is 0. The first-order chi connectivity index (χ1) is 6.83. The maximum atomic E-state index is 8.97. The third-order valence-corrected chi connectivity index (χ3v) is 4.24. The molecule has 1 aromatic heterocycles. The van der Waals surface area contributed by atoms with Crippen molar-refractivity contribution >= 4 is 11.3 Å². The Morgan fingerprint density at radius 3 is 2.64 bits per heavy atom. The molecule has 1 aliphatic carbocycles. The third-order valence-electron chi connectivity index (χ3n) is 3.15. The standard InChI is InChI=1S/C12H18OS/c1-2-9(10-3-4-10)7-11-5-6-12(8-13)14-11/h5-6,9-10,13H,2-4,7-8H2,1H3. The van der Waals surface area contributed by atoms with Crippen LogP contribution in [-0.2, 0) is 13.0 Å². The number of aliphatic hydroxyl groups is 1. The van der Waals surface area contributed by atoms with Crippen LogP contribution in [-0.4, -0.2) is 5.11 Å². The van der Waals surface area contributed by atoms with Gasteiger partial charge in [-0.15, -0.1) is 11.3 Å². The highest BCUT2D eigenvalue weighted by Gasteiger charge is 2.29. The van der Waals surface area contributed by atoms with E-state index in [1.807, 2.05) is 0 Å². The van der Waals surface area contributed by atoms with E-state index < -0.39 is 0 Å². The molecule has 2 heteroatoms. The van der Waals surface area contributed by atoms with Gasteiger partial charge in [-0.25, -0.2) is 0 Å². The van der Waals surface area contributed by atoms with E-state index in [0.29, 0.717) is 0 Å². The minimum absolute atomic E-state index is 0.199. The summed E-state index contributed by atoms with van der Waals surface area (Å²) in [6, 6.07) is 4.24. The number of rotatable bonds is 5. The first-order valence-electron chi connectivity index (χ1n) is 5.52. The average Bonchev–Trinajstić information content (AvgIpc) is 2.95. The minimum Gasteiger partial charge on any atom is -0.391 e. The van der Waals surface area contributed by atoms with Crippen LogP contribution in [0.5, 0.6) is 0 Å². The van der Waals surface area contributed by atoms with E-state index in [1.165, 1.54) is 30.6 Å². The van der Waals surface area contributed by atoms with Gasteiger partial charge in [0.15, 0.2) is 0 Å². The molecule has 0 aliphatic heterocycles. The number of hydrogen-bond donors (Lipinski definition) is 1. The van der Waals surface area contributed by atoms with Crippen molar-refractivity contribution < 1.29 is 5.11 Å². The Labute approximate surface area is 89.8 Å². The molecule has 2 rings (SSSR count). The molecule has 0 aromatic carbocycles. The highest BCUT2D eigenvalue weighted by atomic mass is 32.1. The Bertz CT molecular complexity index is 288. The second-order valence-corrected chi connectivity index (χ2v) is 5.49. The van der Waals surface area contributed by atoms with Gasteiger partial charge in [0.1, 0.15) is 0 Å². The van der Waals surface area contributed by atoms with Crippen LogP contribution in [0.1, 0.15) is 35.9 Å². The summed E-state index contributed by atoms with van der Waals surface area (Å²) >= 11 is 1.77. The summed E-state index contributed by atoms with van der Waals surface area (Å²) in [7, 11) is 0. The first kappa shape index (κ1) is 10.2. The molecule has 1 saturated carbocycles. The number of thiophene rings is 1. The van der Waals surface area contributed by atoms with Gasteiger partial charge in [0.2, 0.25) is 0 Å². The van der Waals surface area contributed by atoms with E-state index in [4.69, 9.17) is 5.11 Å². The van der Waals surface area contributed by atoms with Gasteiger partial charge in [0.05, 0.1) is 6.61 Å². The molecule has 1 atom stereocenters. The lowest BCUT2D eigenvalue weighted by molar-refractivity contribution is 0.285. The third kappa shape index (κ3) is 2.37. The highest BCUT2D eigenvalue weighted by molar-refractivity contribution is 7.11. The van der Waals surface area contributed by atoms with E-state index in [9.17, 15) is 0 Å². The summed E-state index contributed by atoms with van der Waals surface area (Å²) in [5, 5.41) is 8.97. The number of aliphatic hydroxyl groups excluding tert-OH is 1. The molecule has 1 aliphatic rings. The monoisotopic (exact) mass is 210 g/mol. The summed E-state index contributed by atoms with van der Waals surface area (Å²) in [5.74, 6) is 1.89. The largest absolute Gasteiger partial charge is 0.391 e. The Balaban J connectivity index is 1.94. The lowest BCUT2D eigenvalue weighted by atomic mass is 9.96. The van der Waals surface area contributed by atoms with E-state index in [2.05, 4.69) is 19.1 Å². The molecule has 1 heterocycles. The Hall–Kier alpha value is -0.340. The van der Waals surface area contributed by atoms with Crippen LogP contribution in [0.2, 0.25) is 0 Å². The molecule has 78 valence electrons. The molecule has 0 radical (unpaired) electrons. The molecule has 14 heavy (non-hydrogen) atoms. The van der Waals surface area contributed by atoms with Crippen LogP contribution in [0.4, 0.5) is 0 Å². The quantitative estimate of drug-likeness (QED) is 0.791. The summed E-state index contributed by atoms with van der Waals surface area (Å²) in [4.78, 5) is 2.55. The van der Waals surface area contributed by atoms with Crippen LogP contribution < -0.4 is 0 Å². The van der Waals surface area contributed by atoms with Gasteiger partial charge in [0.25, 0.3) is 0 Å². The van der Waals surface area contributed by atoms with E-state index >= 15 is 0 Å². The Morgan fingerprint density at radius 2 is 2.14 bits per heavy atom. The predicted molar refractivity (Wildman–Crippen MR) is 60.5 cm³/mol. The van der Waals surface area contributed by atoms with Gasteiger partial charge >= 0.3 is 0 Å². The van der Waals surface area contributed by atoms with Crippen LogP contribution in [0, 0.1) is 11.8 Å². The van der Waals surface area contributed by atoms with Crippen molar-refractivity contribution in [2.45, 2.75) is 39.2 Å². The molecule has 0 spiro atoms. The summed E-state index contributed by atoms with van der Waals surface area (Å²) in [6.07, 6.45) is 5.41. The first-order valence-corrected chi connectivity index (χ1v) is 6.33. The molecular formula is C12H18OS. The second kappa shape index (κ2) is 4.45. The molecular weight excluding hydrogens is 192 g/mol. The van der Waals surface area contributed by atoms with Gasteiger partial charge < -0.3 is 5.11 Å². The van der Waals surface area contributed by atoms with Crippen molar-refractivity contribution in [1.29, 1.82) is 0 Å². The second-order valence-electron chi connectivity index (χ2n) is 4.24. The fourth-order valence-corrected chi connectivity index (χ4v) is 3.06. The van der Waals surface area contributed by atoms with Crippen LogP contribution in [0.3, 0.4) is 0 Å². The lowest BCUT2D eigenvalue weighted by Crippen LogP contribution is -2.04. The zero-order valence-electron chi connectivity index (χ0n) is 8.70. The van der Waals surface area contributed by atoms with Crippen molar-refractivity contribution in [3.8, 4) is 0 Å². The maximum absolute atomic E-state index is 8.97. The highest BCUT2D eigenvalue weighted by Crippen LogP contribution is 2.40. The fourth-order valence-electron chi connectivity index (χ4n) is 2.09. The lowest BCUT2D eigenvalue weighted by Gasteiger charge is -2.11. The molecule has 0 bridgehead atoms. The normalized spacial score (nSPS) is 18.4. The van der Waals surface area contributed by atoms with Crippen molar-refractivity contribution in [3.63, 3.8) is 0 Å². The number of hydrogen-bond acceptors (Lipinski definition) is 2. The average molecular weight is 210 g/mol. The molecule has 1 fully saturated rings. The van der Waals surface area contributed by atoms with Crippen molar-refractivity contribution in [1.82, 2.24) is 0 Å². The Kier molecular flexibility index (Phi) is 3.24. The summed E-state index contributed by atoms with van der Waals surface area (Å²) in [6.45, 7) is 2.49. The van der Waals surface area contributed by atoms with Crippen LogP contribution in [0.15, 0.2) is 12.1 Å². The Morgan fingerprint density at radius 1 is 1.43 bits per heavy atom. The summed E-state index contributed by atoms with van der Waals surface area (Å²) < 4.78 is 0. The van der Waals surface area contributed by atoms with Gasteiger partial charge in [0, 0.05) is 9.75 Å². The molecule has 1 unspecified atom stereocenters. The molecule has 0 saturated heterocycles. The van der Waals surface area contributed by atoms with E-state index in [0.717, 1.165) is 16.7 Å². The molecule has 1 nitrogen and oxygen atoms in total. The van der Waals surface area contributed by atoms with Gasteiger partial charge in [-0.2, -0.15) is 0 Å². The molecule has 1 N–H and O–H groups in total. The van der Waals surface area contributed by atoms with Crippen LogP contribution in [0.25, 0.3) is 0 Å². The van der Waals surface area contributed by atoms with E-state index in [1.54, 1.807) is 11.3 Å². The zero-order chi connectivity index (χ0) is 9.97. The van der Waals surface area contributed by atoms with Crippen molar-refractivity contribution in [2.24, 2.45) is 11.8 Å². The SMILES string of the molecule is CCC(Cc1ccc(CO)s1)C1CC1. The van der Waals surface area contributed by atoms with Crippen molar-refractivity contribution in [2.75, 3.05) is 0 Å². The topological polar surface area (TPSA) is 20.2 Å². The fraction of sp³-hybridized carbons (Fsp3) is 0.667. The smallest absolute Gasteiger partial charge is 0.0774 e. The van der Waals surface area contributed by atoms with Crippen molar-refractivity contribution in [3.05, 3.63) is 21.9 Å². The zero-order valence-corrected chi connectivity index (χ0v) is 9.52. The van der Waals surface area contributed by atoms with E-state index in [-0.39, 0.29) is 6.61 Å².